The first-order valence-corrected chi connectivity index (χ1v) is 6.45. The zero-order chi connectivity index (χ0) is 11.2. The van der Waals surface area contributed by atoms with Crippen LogP contribution >= 0.6 is 27.3 Å². The SMILES string of the molecule is Brc1ccc(CON=Cc2cccs2)cc1. The molecule has 0 spiro atoms. The Morgan fingerprint density at radius 2 is 2.06 bits per heavy atom. The van der Waals surface area contributed by atoms with Crippen LogP contribution in [0.25, 0.3) is 0 Å². The van der Waals surface area contributed by atoms with Gasteiger partial charge in [0.25, 0.3) is 0 Å². The molecule has 16 heavy (non-hydrogen) atoms. The van der Waals surface area contributed by atoms with Gasteiger partial charge in [-0.05, 0) is 29.1 Å². The molecule has 0 amide bonds. The molecule has 0 N–H and O–H groups in total. The van der Waals surface area contributed by atoms with Crippen molar-refractivity contribution in [1.29, 1.82) is 0 Å². The Balaban J connectivity index is 1.82. The second kappa shape index (κ2) is 5.82. The van der Waals surface area contributed by atoms with Crippen molar-refractivity contribution in [2.45, 2.75) is 6.61 Å². The zero-order valence-electron chi connectivity index (χ0n) is 8.47. The van der Waals surface area contributed by atoms with Crippen molar-refractivity contribution in [3.8, 4) is 0 Å². The Morgan fingerprint density at radius 3 is 2.75 bits per heavy atom. The molecule has 0 saturated carbocycles. The topological polar surface area (TPSA) is 21.6 Å². The molecule has 0 aliphatic carbocycles. The second-order valence-electron chi connectivity index (χ2n) is 3.15. The molecule has 1 aromatic carbocycles. The number of benzene rings is 1. The summed E-state index contributed by atoms with van der Waals surface area (Å²) in [4.78, 5) is 6.29. The fourth-order valence-corrected chi connectivity index (χ4v) is 1.99. The highest BCUT2D eigenvalue weighted by atomic mass is 79.9. The molecule has 0 unspecified atom stereocenters. The predicted octanol–water partition coefficient (Wildman–Crippen LogP) is 4.06. The summed E-state index contributed by atoms with van der Waals surface area (Å²) < 4.78 is 1.07. The van der Waals surface area contributed by atoms with E-state index in [1.165, 1.54) is 0 Å². The van der Waals surface area contributed by atoms with Crippen molar-refractivity contribution in [1.82, 2.24) is 0 Å². The van der Waals surface area contributed by atoms with Crippen molar-refractivity contribution >= 4 is 33.5 Å². The van der Waals surface area contributed by atoms with Crippen molar-refractivity contribution in [3.05, 3.63) is 56.7 Å². The van der Waals surface area contributed by atoms with E-state index in [-0.39, 0.29) is 0 Å². The third-order valence-electron chi connectivity index (χ3n) is 1.94. The van der Waals surface area contributed by atoms with E-state index < -0.39 is 0 Å². The molecular weight excluding hydrogens is 286 g/mol. The average molecular weight is 296 g/mol. The molecule has 0 atom stereocenters. The van der Waals surface area contributed by atoms with Crippen LogP contribution in [0.2, 0.25) is 0 Å². The Morgan fingerprint density at radius 1 is 1.25 bits per heavy atom. The van der Waals surface area contributed by atoms with Gasteiger partial charge in [0.1, 0.15) is 6.61 Å². The lowest BCUT2D eigenvalue weighted by Crippen LogP contribution is -1.86. The number of thiophene rings is 1. The highest BCUT2D eigenvalue weighted by Gasteiger charge is 1.92. The predicted molar refractivity (Wildman–Crippen MR) is 70.8 cm³/mol. The van der Waals surface area contributed by atoms with Crippen LogP contribution in [0.15, 0.2) is 51.4 Å². The third-order valence-corrected chi connectivity index (χ3v) is 3.28. The smallest absolute Gasteiger partial charge is 0.142 e. The van der Waals surface area contributed by atoms with E-state index in [4.69, 9.17) is 4.84 Å². The normalized spacial score (nSPS) is 10.8. The first kappa shape index (κ1) is 11.4. The molecule has 2 nitrogen and oxygen atoms in total. The van der Waals surface area contributed by atoms with Crippen molar-refractivity contribution in [2.75, 3.05) is 0 Å². The zero-order valence-corrected chi connectivity index (χ0v) is 10.9. The minimum absolute atomic E-state index is 0.495. The number of hydrogen-bond donors (Lipinski definition) is 0. The number of oxime groups is 1. The molecule has 0 aliphatic heterocycles. The summed E-state index contributed by atoms with van der Waals surface area (Å²) in [5.41, 5.74) is 1.10. The molecule has 0 fully saturated rings. The highest BCUT2D eigenvalue weighted by molar-refractivity contribution is 9.10. The maximum atomic E-state index is 5.19. The fraction of sp³-hybridized carbons (Fsp3) is 0.0833. The van der Waals surface area contributed by atoms with Gasteiger partial charge in [0, 0.05) is 9.35 Å². The summed E-state index contributed by atoms with van der Waals surface area (Å²) >= 11 is 5.02. The summed E-state index contributed by atoms with van der Waals surface area (Å²) in [6, 6.07) is 12.0. The van der Waals surface area contributed by atoms with Gasteiger partial charge in [-0.2, -0.15) is 0 Å². The van der Waals surface area contributed by atoms with E-state index in [9.17, 15) is 0 Å². The van der Waals surface area contributed by atoms with Gasteiger partial charge < -0.3 is 4.84 Å². The summed E-state index contributed by atoms with van der Waals surface area (Å²) in [6.07, 6.45) is 1.73. The Hall–Kier alpha value is -1.13. The summed E-state index contributed by atoms with van der Waals surface area (Å²) in [5.74, 6) is 0. The minimum atomic E-state index is 0.495. The van der Waals surface area contributed by atoms with Gasteiger partial charge in [-0.1, -0.05) is 39.3 Å². The lowest BCUT2D eigenvalue weighted by atomic mass is 10.2. The van der Waals surface area contributed by atoms with Crippen LogP contribution in [0.4, 0.5) is 0 Å². The highest BCUT2D eigenvalue weighted by Crippen LogP contribution is 2.11. The number of halogens is 1. The molecule has 0 saturated heterocycles. The molecule has 4 heteroatoms. The van der Waals surface area contributed by atoms with Crippen LogP contribution in [-0.4, -0.2) is 6.21 Å². The summed E-state index contributed by atoms with van der Waals surface area (Å²) in [6.45, 7) is 0.495. The summed E-state index contributed by atoms with van der Waals surface area (Å²) in [7, 11) is 0. The standard InChI is InChI=1S/C12H10BrNOS/c13-11-5-3-10(4-6-11)9-15-14-8-12-2-1-7-16-12/h1-8H,9H2. The van der Waals surface area contributed by atoms with Crippen molar-refractivity contribution in [3.63, 3.8) is 0 Å². The van der Waals surface area contributed by atoms with Gasteiger partial charge in [-0.3, -0.25) is 0 Å². The largest absolute Gasteiger partial charge is 0.391 e. The maximum Gasteiger partial charge on any atom is 0.142 e. The van der Waals surface area contributed by atoms with Crippen LogP contribution in [0, 0.1) is 0 Å². The molecule has 1 aromatic heterocycles. The van der Waals surface area contributed by atoms with Gasteiger partial charge in [-0.25, -0.2) is 0 Å². The summed E-state index contributed by atoms with van der Waals surface area (Å²) in [5, 5.41) is 5.92. The third kappa shape index (κ3) is 3.47. The molecule has 1 heterocycles. The minimum Gasteiger partial charge on any atom is -0.391 e. The van der Waals surface area contributed by atoms with Gasteiger partial charge in [0.05, 0.1) is 6.21 Å². The Labute approximate surface area is 107 Å². The molecule has 0 aliphatic rings. The molecule has 82 valence electrons. The first-order chi connectivity index (χ1) is 7.84. The van der Waals surface area contributed by atoms with E-state index in [1.54, 1.807) is 17.6 Å². The molecule has 2 rings (SSSR count). The Kier molecular flexibility index (Phi) is 4.13. The van der Waals surface area contributed by atoms with Gasteiger partial charge in [0.2, 0.25) is 0 Å². The van der Waals surface area contributed by atoms with E-state index in [1.807, 2.05) is 41.8 Å². The average Bonchev–Trinajstić information content (AvgIpc) is 2.80. The van der Waals surface area contributed by atoms with Crippen molar-refractivity contribution < 1.29 is 4.84 Å². The molecular formula is C12H10BrNOS. The fourth-order valence-electron chi connectivity index (χ4n) is 1.15. The van der Waals surface area contributed by atoms with Crippen LogP contribution in [0.3, 0.4) is 0 Å². The lowest BCUT2D eigenvalue weighted by molar-refractivity contribution is 0.132. The number of rotatable bonds is 4. The van der Waals surface area contributed by atoms with E-state index in [2.05, 4.69) is 21.1 Å². The second-order valence-corrected chi connectivity index (χ2v) is 5.04. The first-order valence-electron chi connectivity index (χ1n) is 4.78. The van der Waals surface area contributed by atoms with E-state index in [0.29, 0.717) is 6.61 Å². The van der Waals surface area contributed by atoms with E-state index in [0.717, 1.165) is 14.9 Å². The molecule has 0 radical (unpaired) electrons. The number of nitrogens with zero attached hydrogens (tertiary/aromatic N) is 1. The number of hydrogen-bond acceptors (Lipinski definition) is 3. The van der Waals surface area contributed by atoms with Crippen LogP contribution < -0.4 is 0 Å². The van der Waals surface area contributed by atoms with Crippen molar-refractivity contribution in [2.24, 2.45) is 5.16 Å². The van der Waals surface area contributed by atoms with Crippen LogP contribution in [-0.2, 0) is 11.4 Å². The van der Waals surface area contributed by atoms with Gasteiger partial charge >= 0.3 is 0 Å². The quantitative estimate of drug-likeness (QED) is 0.616. The lowest BCUT2D eigenvalue weighted by Gasteiger charge is -1.99. The van der Waals surface area contributed by atoms with Gasteiger partial charge in [0.15, 0.2) is 0 Å². The Bertz CT molecular complexity index is 450. The van der Waals surface area contributed by atoms with Crippen LogP contribution in [0.1, 0.15) is 10.4 Å². The molecule has 0 bridgehead atoms. The molecule has 2 aromatic rings. The van der Waals surface area contributed by atoms with Gasteiger partial charge in [-0.15, -0.1) is 11.3 Å². The van der Waals surface area contributed by atoms with Crippen LogP contribution in [0.5, 0.6) is 0 Å². The maximum absolute atomic E-state index is 5.19. The monoisotopic (exact) mass is 295 g/mol. The van der Waals surface area contributed by atoms with E-state index >= 15 is 0 Å².